The Hall–Kier alpha value is 0.160. The minimum Gasteiger partial charge on any atom is -0.382 e. The van der Waals surface area contributed by atoms with Crippen LogP contribution in [-0.4, -0.2) is 76.0 Å². The molecule has 1 saturated heterocycles. The van der Waals surface area contributed by atoms with Gasteiger partial charge in [0.25, 0.3) is 0 Å². The summed E-state index contributed by atoms with van der Waals surface area (Å²) in [4.78, 5) is 4.71. The number of methoxy groups -OCH3 is 1. The molecule has 6 heteroatoms. The van der Waals surface area contributed by atoms with Gasteiger partial charge in [-0.2, -0.15) is 0 Å². The molecule has 1 aliphatic heterocycles. The molecule has 4 nitrogen and oxygen atoms in total. The second-order valence-corrected chi connectivity index (χ2v) is 4.98. The van der Waals surface area contributed by atoms with E-state index in [0.717, 1.165) is 45.9 Å². The van der Waals surface area contributed by atoms with Crippen molar-refractivity contribution in [1.29, 1.82) is 0 Å². The third-order valence-corrected chi connectivity index (χ3v) is 3.55. The summed E-state index contributed by atoms with van der Waals surface area (Å²) in [5.74, 6) is 0. The monoisotopic (exact) mass is 296 g/mol. The quantitative estimate of drug-likeness (QED) is 0.635. The Morgan fingerprint density at radius 3 is 2.39 bits per heavy atom. The van der Waals surface area contributed by atoms with Crippen LogP contribution in [0.4, 0.5) is 0 Å². The maximum absolute atomic E-state index is 5.91. The lowest BCUT2D eigenvalue weighted by molar-refractivity contribution is 0.0473. The zero-order chi connectivity index (χ0) is 13.2. The topological polar surface area (TPSA) is 24.9 Å². The van der Waals surface area contributed by atoms with E-state index >= 15 is 0 Å². The molecule has 0 aliphatic carbocycles. The van der Waals surface area contributed by atoms with Crippen LogP contribution >= 0.6 is 23.2 Å². The average Bonchev–Trinajstić information content (AvgIpc) is 2.40. The zero-order valence-electron chi connectivity index (χ0n) is 10.9. The van der Waals surface area contributed by atoms with Crippen molar-refractivity contribution in [2.24, 2.45) is 0 Å². The molecule has 0 amide bonds. The van der Waals surface area contributed by atoms with Crippen molar-refractivity contribution in [3.05, 3.63) is 10.6 Å². The predicted octanol–water partition coefficient (Wildman–Crippen LogP) is 1.59. The molecular formula is C12H22Cl2N2O2. The number of nitrogens with zero attached hydrogens (tertiary/aromatic N) is 2. The lowest BCUT2D eigenvalue weighted by Crippen LogP contribution is -2.47. The third kappa shape index (κ3) is 6.92. The van der Waals surface area contributed by atoms with Crippen LogP contribution in [0.5, 0.6) is 0 Å². The van der Waals surface area contributed by atoms with Crippen LogP contribution in [0.1, 0.15) is 0 Å². The molecule has 0 bridgehead atoms. The van der Waals surface area contributed by atoms with Crippen molar-refractivity contribution in [3.63, 3.8) is 0 Å². The molecule has 0 spiro atoms. The Morgan fingerprint density at radius 2 is 1.78 bits per heavy atom. The molecule has 0 aromatic heterocycles. The predicted molar refractivity (Wildman–Crippen MR) is 75.4 cm³/mol. The number of piperazine rings is 1. The number of halogens is 2. The smallest absolute Gasteiger partial charge is 0.0700 e. The minimum absolute atomic E-state index is 0.664. The highest BCUT2D eigenvalue weighted by molar-refractivity contribution is 6.36. The molecule has 0 unspecified atom stereocenters. The van der Waals surface area contributed by atoms with Gasteiger partial charge in [0.05, 0.1) is 19.8 Å². The largest absolute Gasteiger partial charge is 0.382 e. The van der Waals surface area contributed by atoms with Gasteiger partial charge < -0.3 is 9.47 Å². The molecule has 0 aromatic carbocycles. The summed E-state index contributed by atoms with van der Waals surface area (Å²) < 4.78 is 10.4. The molecule has 0 radical (unpaired) electrons. The van der Waals surface area contributed by atoms with Crippen LogP contribution in [0.25, 0.3) is 0 Å². The van der Waals surface area contributed by atoms with E-state index in [2.05, 4.69) is 9.80 Å². The maximum atomic E-state index is 5.91. The highest BCUT2D eigenvalue weighted by Gasteiger charge is 2.16. The molecule has 1 heterocycles. The number of hydrogen-bond donors (Lipinski definition) is 0. The highest BCUT2D eigenvalue weighted by Crippen LogP contribution is 2.09. The van der Waals surface area contributed by atoms with Gasteiger partial charge in [0, 0.05) is 56.9 Å². The van der Waals surface area contributed by atoms with Gasteiger partial charge in [0.1, 0.15) is 0 Å². The fourth-order valence-electron chi connectivity index (χ4n) is 1.86. The van der Waals surface area contributed by atoms with Crippen molar-refractivity contribution in [2.45, 2.75) is 0 Å². The summed E-state index contributed by atoms with van der Waals surface area (Å²) in [5, 5.41) is 0.702. The normalized spacial score (nSPS) is 19.4. The molecule has 0 atom stereocenters. The van der Waals surface area contributed by atoms with Gasteiger partial charge in [-0.3, -0.25) is 9.80 Å². The molecule has 1 rings (SSSR count). The van der Waals surface area contributed by atoms with Gasteiger partial charge in [-0.05, 0) is 0 Å². The van der Waals surface area contributed by atoms with Crippen LogP contribution < -0.4 is 0 Å². The SMILES string of the molecule is COCCOCCN1CCN(C/C(Cl)=C/Cl)CC1. The fourth-order valence-corrected chi connectivity index (χ4v) is 2.10. The van der Waals surface area contributed by atoms with Crippen molar-refractivity contribution in [1.82, 2.24) is 9.80 Å². The van der Waals surface area contributed by atoms with E-state index in [0.29, 0.717) is 18.2 Å². The summed E-state index contributed by atoms with van der Waals surface area (Å²) in [6.07, 6.45) is 0. The Morgan fingerprint density at radius 1 is 1.11 bits per heavy atom. The first-order valence-corrected chi connectivity index (χ1v) is 7.04. The van der Waals surface area contributed by atoms with E-state index in [1.165, 1.54) is 5.54 Å². The summed E-state index contributed by atoms with van der Waals surface area (Å²) in [5.41, 5.74) is 1.44. The first-order chi connectivity index (χ1) is 8.76. The minimum atomic E-state index is 0.664. The third-order valence-electron chi connectivity index (χ3n) is 2.94. The standard InChI is InChI=1S/C12H22Cl2N2O2/c1-17-8-9-18-7-6-15-2-4-16(5-3-15)11-12(14)10-13/h10H,2-9,11H2,1H3/b12-10-. The van der Waals surface area contributed by atoms with Crippen LogP contribution in [0.2, 0.25) is 0 Å². The van der Waals surface area contributed by atoms with E-state index in [-0.39, 0.29) is 0 Å². The van der Waals surface area contributed by atoms with Gasteiger partial charge in [-0.1, -0.05) is 23.2 Å². The van der Waals surface area contributed by atoms with Gasteiger partial charge in [-0.15, -0.1) is 0 Å². The first kappa shape index (κ1) is 16.2. The second-order valence-electron chi connectivity index (χ2n) is 4.28. The highest BCUT2D eigenvalue weighted by atomic mass is 35.5. The summed E-state index contributed by atoms with van der Waals surface area (Å²) in [7, 11) is 1.68. The van der Waals surface area contributed by atoms with Crippen LogP contribution in [0, 0.1) is 0 Å². The molecule has 18 heavy (non-hydrogen) atoms. The lowest BCUT2D eigenvalue weighted by Gasteiger charge is -2.34. The number of ether oxygens (including phenoxy) is 2. The van der Waals surface area contributed by atoms with Gasteiger partial charge in [-0.25, -0.2) is 0 Å². The molecule has 0 N–H and O–H groups in total. The Labute approximate surface area is 119 Å². The van der Waals surface area contributed by atoms with E-state index in [1.54, 1.807) is 7.11 Å². The zero-order valence-corrected chi connectivity index (χ0v) is 12.4. The van der Waals surface area contributed by atoms with Crippen molar-refractivity contribution >= 4 is 23.2 Å². The summed E-state index contributed by atoms with van der Waals surface area (Å²) in [6.45, 7) is 8.01. The van der Waals surface area contributed by atoms with E-state index in [4.69, 9.17) is 32.7 Å². The lowest BCUT2D eigenvalue weighted by atomic mass is 10.3. The van der Waals surface area contributed by atoms with E-state index in [1.807, 2.05) is 0 Å². The van der Waals surface area contributed by atoms with E-state index in [9.17, 15) is 0 Å². The van der Waals surface area contributed by atoms with Gasteiger partial charge in [0.15, 0.2) is 0 Å². The first-order valence-electron chi connectivity index (χ1n) is 6.22. The molecule has 0 aromatic rings. The van der Waals surface area contributed by atoms with Gasteiger partial charge >= 0.3 is 0 Å². The Balaban J connectivity index is 2.04. The van der Waals surface area contributed by atoms with Crippen molar-refractivity contribution in [3.8, 4) is 0 Å². The molecular weight excluding hydrogens is 275 g/mol. The molecule has 0 saturated carbocycles. The van der Waals surface area contributed by atoms with Crippen LogP contribution in [0.15, 0.2) is 10.6 Å². The number of rotatable bonds is 8. The average molecular weight is 297 g/mol. The van der Waals surface area contributed by atoms with Crippen molar-refractivity contribution < 1.29 is 9.47 Å². The Bertz CT molecular complexity index is 244. The molecule has 106 valence electrons. The number of hydrogen-bond acceptors (Lipinski definition) is 4. The van der Waals surface area contributed by atoms with Gasteiger partial charge in [0.2, 0.25) is 0 Å². The summed E-state index contributed by atoms with van der Waals surface area (Å²) >= 11 is 11.5. The molecule has 1 fully saturated rings. The Kier molecular flexibility index (Phi) is 9.02. The van der Waals surface area contributed by atoms with Crippen LogP contribution in [-0.2, 0) is 9.47 Å². The molecule has 1 aliphatic rings. The second kappa shape index (κ2) is 10.0. The van der Waals surface area contributed by atoms with Crippen LogP contribution in [0.3, 0.4) is 0 Å². The summed E-state index contributed by atoms with van der Waals surface area (Å²) in [6, 6.07) is 0. The van der Waals surface area contributed by atoms with E-state index < -0.39 is 0 Å². The van der Waals surface area contributed by atoms with Crippen molar-refractivity contribution in [2.75, 3.05) is 66.2 Å². The fraction of sp³-hybridized carbons (Fsp3) is 0.833. The maximum Gasteiger partial charge on any atom is 0.0700 e.